The molecule has 0 unspecified atom stereocenters. The lowest BCUT2D eigenvalue weighted by Gasteiger charge is -2.15. The van der Waals surface area contributed by atoms with Crippen LogP contribution >= 0.6 is 0 Å². The number of esters is 2. The summed E-state index contributed by atoms with van der Waals surface area (Å²) < 4.78 is 15.9. The van der Waals surface area contributed by atoms with E-state index in [9.17, 15) is 14.8 Å². The Kier molecular flexibility index (Phi) is 5.36. The van der Waals surface area contributed by atoms with E-state index in [-0.39, 0.29) is 29.4 Å². The molecule has 0 fully saturated rings. The molecule has 2 aromatic rings. The number of carbonyl (C=O) groups excluding carboxylic acids is 2. The molecule has 1 aromatic heterocycles. The lowest BCUT2D eigenvalue weighted by Crippen LogP contribution is -2.32. The number of nitrogens with zero attached hydrogens (tertiary/aromatic N) is 1. The summed E-state index contributed by atoms with van der Waals surface area (Å²) in [5.74, 6) is -1.56. The fourth-order valence-corrected chi connectivity index (χ4v) is 2.06. The molecule has 0 amide bonds. The molecule has 0 radical (unpaired) electrons. The first kappa shape index (κ1) is 17.3. The van der Waals surface area contributed by atoms with E-state index in [2.05, 4.69) is 4.74 Å². The van der Waals surface area contributed by atoms with Crippen molar-refractivity contribution in [3.05, 3.63) is 58.6 Å². The molecule has 0 atom stereocenters. The molecule has 0 bridgehead atoms. The maximum atomic E-state index is 12.0. The van der Waals surface area contributed by atoms with Crippen molar-refractivity contribution in [2.75, 3.05) is 7.11 Å². The Morgan fingerprint density at radius 3 is 2.42 bits per heavy atom. The number of hydrogen-bond donors (Lipinski definition) is 0. The van der Waals surface area contributed by atoms with Crippen LogP contribution in [0.4, 0.5) is 0 Å². The number of pyridine rings is 1. The molecule has 1 heterocycles. The first-order valence-electron chi connectivity index (χ1n) is 7.14. The van der Waals surface area contributed by atoms with Gasteiger partial charge in [-0.1, -0.05) is 30.3 Å². The van der Waals surface area contributed by atoms with Gasteiger partial charge in [0.15, 0.2) is 17.5 Å². The predicted molar refractivity (Wildman–Crippen MR) is 83.6 cm³/mol. The quantitative estimate of drug-likeness (QED) is 0.472. The summed E-state index contributed by atoms with van der Waals surface area (Å²) in [5, 5.41) is 12.0. The minimum atomic E-state index is -0.805. The molecule has 7 nitrogen and oxygen atoms in total. The lowest BCUT2D eigenvalue weighted by molar-refractivity contribution is -0.613. The second-order valence-corrected chi connectivity index (χ2v) is 4.97. The monoisotopic (exact) mass is 331 g/mol. The molecule has 0 spiro atoms. The molecule has 0 N–H and O–H groups in total. The summed E-state index contributed by atoms with van der Waals surface area (Å²) >= 11 is 0. The molecule has 0 aliphatic carbocycles. The number of benzene rings is 1. The molecule has 0 saturated heterocycles. The minimum Gasteiger partial charge on any atom is -0.618 e. The highest BCUT2D eigenvalue weighted by molar-refractivity contribution is 5.94. The summed E-state index contributed by atoms with van der Waals surface area (Å²) in [4.78, 5) is 23.3. The number of methoxy groups -OCH3 is 1. The average Bonchev–Trinajstić information content (AvgIpc) is 2.57. The van der Waals surface area contributed by atoms with Crippen molar-refractivity contribution >= 4 is 11.9 Å². The maximum Gasteiger partial charge on any atom is 0.348 e. The molecule has 0 aliphatic rings. The Morgan fingerprint density at radius 1 is 1.17 bits per heavy atom. The van der Waals surface area contributed by atoms with E-state index in [0.29, 0.717) is 4.73 Å². The Bertz CT molecular complexity index is 757. The molecular formula is C17H17NO6. The van der Waals surface area contributed by atoms with E-state index in [4.69, 9.17) is 9.47 Å². The van der Waals surface area contributed by atoms with Crippen LogP contribution in [-0.4, -0.2) is 19.0 Å². The van der Waals surface area contributed by atoms with Gasteiger partial charge >= 0.3 is 11.9 Å². The summed E-state index contributed by atoms with van der Waals surface area (Å²) in [6.07, 6.45) is 0.995. The van der Waals surface area contributed by atoms with Gasteiger partial charge in [0.2, 0.25) is 11.4 Å². The highest BCUT2D eigenvalue weighted by atomic mass is 16.6. The first-order valence-corrected chi connectivity index (χ1v) is 7.14. The Hall–Kier alpha value is -3.09. The van der Waals surface area contributed by atoms with E-state index < -0.39 is 11.9 Å². The smallest absolute Gasteiger partial charge is 0.348 e. The van der Waals surface area contributed by atoms with Crippen molar-refractivity contribution in [3.63, 3.8) is 0 Å². The van der Waals surface area contributed by atoms with Gasteiger partial charge in [-0.15, -0.1) is 0 Å². The number of hydrogen-bond acceptors (Lipinski definition) is 6. The molecular weight excluding hydrogens is 314 g/mol. The highest BCUT2D eigenvalue weighted by Crippen LogP contribution is 2.34. The van der Waals surface area contributed by atoms with Crippen molar-refractivity contribution in [2.24, 2.45) is 0 Å². The Balaban J connectivity index is 2.47. The predicted octanol–water partition coefficient (Wildman–Crippen LogP) is 1.92. The van der Waals surface area contributed by atoms with Gasteiger partial charge < -0.3 is 19.4 Å². The van der Waals surface area contributed by atoms with Crippen molar-refractivity contribution in [1.29, 1.82) is 0 Å². The summed E-state index contributed by atoms with van der Waals surface area (Å²) in [6.45, 7) is 2.83. The molecule has 1 aromatic carbocycles. The summed E-state index contributed by atoms with van der Waals surface area (Å²) in [7, 11) is 1.17. The largest absolute Gasteiger partial charge is 0.618 e. The zero-order valence-electron chi connectivity index (χ0n) is 13.6. The Labute approximate surface area is 139 Å². The second kappa shape index (κ2) is 7.45. The normalized spacial score (nSPS) is 10.1. The number of carbonyl (C=O) groups is 2. The number of aromatic nitrogens is 1. The van der Waals surface area contributed by atoms with E-state index in [1.807, 2.05) is 30.3 Å². The van der Waals surface area contributed by atoms with Crippen LogP contribution in [0.2, 0.25) is 0 Å². The van der Waals surface area contributed by atoms with Crippen LogP contribution in [0.3, 0.4) is 0 Å². The molecule has 0 aliphatic heterocycles. The van der Waals surface area contributed by atoms with Crippen molar-refractivity contribution < 1.29 is 28.5 Å². The fraction of sp³-hybridized carbons (Fsp3) is 0.235. The van der Waals surface area contributed by atoms with Gasteiger partial charge in [-0.3, -0.25) is 4.79 Å². The Morgan fingerprint density at radius 2 is 1.83 bits per heavy atom. The van der Waals surface area contributed by atoms with Gasteiger partial charge in [-0.25, -0.2) is 4.79 Å². The van der Waals surface area contributed by atoms with Gasteiger partial charge in [0.05, 0.1) is 7.11 Å². The van der Waals surface area contributed by atoms with Crippen LogP contribution in [-0.2, 0) is 16.1 Å². The average molecular weight is 331 g/mol. The highest BCUT2D eigenvalue weighted by Gasteiger charge is 2.28. The van der Waals surface area contributed by atoms with Crippen LogP contribution in [0.15, 0.2) is 36.5 Å². The maximum absolute atomic E-state index is 12.0. The molecule has 7 heteroatoms. The molecule has 2 rings (SSSR count). The zero-order chi connectivity index (χ0) is 17.7. The van der Waals surface area contributed by atoms with E-state index in [0.717, 1.165) is 11.8 Å². The van der Waals surface area contributed by atoms with Gasteiger partial charge in [-0.05, 0) is 5.56 Å². The zero-order valence-corrected chi connectivity index (χ0v) is 13.6. The second-order valence-electron chi connectivity index (χ2n) is 4.97. The lowest BCUT2D eigenvalue weighted by atomic mass is 10.2. The van der Waals surface area contributed by atoms with Gasteiger partial charge in [0.1, 0.15) is 6.61 Å². The molecule has 0 saturated carbocycles. The molecule has 24 heavy (non-hydrogen) atoms. The van der Waals surface area contributed by atoms with Crippen LogP contribution in [0.25, 0.3) is 0 Å². The number of rotatable bonds is 5. The van der Waals surface area contributed by atoms with Crippen molar-refractivity contribution in [2.45, 2.75) is 20.5 Å². The first-order chi connectivity index (χ1) is 11.4. The topological polar surface area (TPSA) is 88.8 Å². The van der Waals surface area contributed by atoms with E-state index >= 15 is 0 Å². The summed E-state index contributed by atoms with van der Waals surface area (Å²) in [6, 6.07) is 9.24. The van der Waals surface area contributed by atoms with Crippen LogP contribution in [0, 0.1) is 12.1 Å². The third kappa shape index (κ3) is 3.81. The molecule has 126 valence electrons. The van der Waals surface area contributed by atoms with Crippen LogP contribution in [0.5, 0.6) is 11.5 Å². The van der Waals surface area contributed by atoms with E-state index in [1.165, 1.54) is 21.0 Å². The third-order valence-corrected chi connectivity index (χ3v) is 3.23. The SMILES string of the molecule is COC(=O)c1c[n+]([O-])c(C)c(OCc2ccccc2)c1OC(C)=O. The number of ether oxygens (including phenoxy) is 3. The van der Waals surface area contributed by atoms with Crippen molar-refractivity contribution in [1.82, 2.24) is 0 Å². The van der Waals surface area contributed by atoms with Crippen LogP contribution in [0.1, 0.15) is 28.5 Å². The summed E-state index contributed by atoms with van der Waals surface area (Å²) in [5.41, 5.74) is 0.831. The van der Waals surface area contributed by atoms with E-state index in [1.54, 1.807) is 0 Å². The minimum absolute atomic E-state index is 0.0203. The van der Waals surface area contributed by atoms with Gasteiger partial charge in [0, 0.05) is 13.8 Å². The van der Waals surface area contributed by atoms with Crippen LogP contribution < -0.4 is 14.2 Å². The fourth-order valence-electron chi connectivity index (χ4n) is 2.06. The van der Waals surface area contributed by atoms with Crippen molar-refractivity contribution in [3.8, 4) is 11.5 Å². The standard InChI is InChI=1S/C17H17NO6/c1-11-15(23-10-13-7-5-4-6-8-13)16(24-12(2)19)14(9-18(11)21)17(20)22-3/h4-9H,10H2,1-3H3. The van der Waals surface area contributed by atoms with Gasteiger partial charge in [-0.2, -0.15) is 4.73 Å². The van der Waals surface area contributed by atoms with Gasteiger partial charge in [0.25, 0.3) is 0 Å². The third-order valence-electron chi connectivity index (χ3n) is 3.23.